The third kappa shape index (κ3) is 4.86. The Morgan fingerprint density at radius 2 is 1.98 bits per heavy atom. The van der Waals surface area contributed by atoms with Gasteiger partial charge in [-0.3, -0.25) is 19.0 Å². The molecule has 0 fully saturated rings. The summed E-state index contributed by atoms with van der Waals surface area (Å²) in [5.41, 5.74) is 3.65. The summed E-state index contributed by atoms with van der Waals surface area (Å²) in [7, 11) is 1.90. The number of rotatable bonds is 3. The van der Waals surface area contributed by atoms with Gasteiger partial charge in [0.1, 0.15) is 0 Å². The second kappa shape index (κ2) is 10.8. The van der Waals surface area contributed by atoms with Gasteiger partial charge in [-0.05, 0) is 37.1 Å². The number of halogens is 3. The first kappa shape index (κ1) is 26.1. The Kier molecular flexibility index (Phi) is 7.07. The van der Waals surface area contributed by atoms with Crippen LogP contribution in [0.25, 0.3) is 28.2 Å². The van der Waals surface area contributed by atoms with E-state index in [2.05, 4.69) is 30.7 Å². The van der Waals surface area contributed by atoms with E-state index in [9.17, 15) is 4.79 Å². The number of aryl methyl sites for hydroxylation is 1. The monoisotopic (exact) mass is 579 g/mol. The lowest BCUT2D eigenvalue weighted by atomic mass is 10.0. The predicted molar refractivity (Wildman–Crippen MR) is 150 cm³/mol. The molecule has 1 aliphatic heterocycles. The van der Waals surface area contributed by atoms with Crippen molar-refractivity contribution < 1.29 is 4.39 Å². The number of nitrogens with one attached hydrogen (secondary N) is 1. The van der Waals surface area contributed by atoms with E-state index in [1.807, 2.05) is 30.1 Å². The second-order valence-corrected chi connectivity index (χ2v) is 10.3. The third-order valence-corrected chi connectivity index (χ3v) is 7.48. The summed E-state index contributed by atoms with van der Waals surface area (Å²) in [6.45, 7) is 0.821. The molecule has 4 aromatic heterocycles. The minimum atomic E-state index is -0.726. The Labute approximate surface area is 238 Å². The topological polar surface area (TPSA) is 108 Å². The Morgan fingerprint density at radius 1 is 1.10 bits per heavy atom. The van der Waals surface area contributed by atoms with Gasteiger partial charge < -0.3 is 5.32 Å². The Bertz CT molecular complexity index is 1760. The van der Waals surface area contributed by atoms with Crippen LogP contribution in [0.4, 0.5) is 10.1 Å². The average Bonchev–Trinajstić information content (AvgIpc) is 3.54. The van der Waals surface area contributed by atoms with Gasteiger partial charge in [-0.2, -0.15) is 5.10 Å². The van der Waals surface area contributed by atoms with Gasteiger partial charge in [0.2, 0.25) is 0 Å². The predicted octanol–water partition coefficient (Wildman–Crippen LogP) is 5.31. The lowest BCUT2D eigenvalue weighted by Gasteiger charge is -2.21. The smallest absolute Gasteiger partial charge is 0.254 e. The summed E-state index contributed by atoms with van der Waals surface area (Å²) in [6, 6.07) is 7.83. The molecule has 0 spiro atoms. The van der Waals surface area contributed by atoms with E-state index in [4.69, 9.17) is 23.2 Å². The lowest BCUT2D eigenvalue weighted by Crippen LogP contribution is -2.26. The van der Waals surface area contributed by atoms with Crippen LogP contribution in [0.5, 0.6) is 0 Å². The van der Waals surface area contributed by atoms with Crippen LogP contribution < -0.4 is 10.9 Å². The highest BCUT2D eigenvalue weighted by molar-refractivity contribution is 6.31. The third-order valence-electron chi connectivity index (χ3n) is 7.02. The minimum absolute atomic E-state index is 0.0216. The van der Waals surface area contributed by atoms with Crippen molar-refractivity contribution in [3.05, 3.63) is 87.3 Å². The van der Waals surface area contributed by atoms with Crippen molar-refractivity contribution in [2.24, 2.45) is 7.05 Å². The zero-order valence-electron chi connectivity index (χ0n) is 21.4. The largest absolute Gasteiger partial charge is 0.382 e. The lowest BCUT2D eigenvalue weighted by molar-refractivity contribution is 0.477. The van der Waals surface area contributed by atoms with Crippen molar-refractivity contribution in [2.45, 2.75) is 31.7 Å². The standard InChI is InChI=1S/C27H24Cl2FN9O/c1-37-27-16-8-10-32-18(11-16)21(5-3-2-4-9-31-20(27)13-34-37)38-15-33-19(12-24(38)40)25-22(7-6-17(28)26(25)30)39-14-23(29)35-36-39/h6-8,10-15,21,31H,2-5,9H2,1H3/t21-/m0/s1. The maximum atomic E-state index is 15.4. The molecule has 0 unspecified atom stereocenters. The van der Waals surface area contributed by atoms with Crippen molar-refractivity contribution in [3.8, 4) is 28.2 Å². The van der Waals surface area contributed by atoms with Gasteiger partial charge in [0.15, 0.2) is 11.0 Å². The second-order valence-electron chi connectivity index (χ2n) is 9.55. The number of aromatic nitrogens is 8. The number of hydrogen-bond acceptors (Lipinski definition) is 7. The molecule has 1 atom stereocenters. The van der Waals surface area contributed by atoms with Gasteiger partial charge in [0.05, 0.1) is 63.8 Å². The zero-order chi connectivity index (χ0) is 27.8. The van der Waals surface area contributed by atoms with Crippen LogP contribution in [-0.2, 0) is 7.05 Å². The highest BCUT2D eigenvalue weighted by Gasteiger charge is 2.23. The number of nitrogens with zero attached hydrogens (tertiary/aromatic N) is 8. The molecule has 204 valence electrons. The van der Waals surface area contributed by atoms with Gasteiger partial charge in [0, 0.05) is 31.4 Å². The average molecular weight is 580 g/mol. The van der Waals surface area contributed by atoms with Gasteiger partial charge in [-0.1, -0.05) is 41.3 Å². The molecule has 0 amide bonds. The summed E-state index contributed by atoms with van der Waals surface area (Å²) in [6.07, 6.45) is 9.94. The first-order valence-corrected chi connectivity index (χ1v) is 13.5. The highest BCUT2D eigenvalue weighted by atomic mass is 35.5. The highest BCUT2D eigenvalue weighted by Crippen LogP contribution is 2.34. The molecule has 0 saturated heterocycles. The number of hydrogen-bond donors (Lipinski definition) is 1. The molecule has 2 bridgehead atoms. The van der Waals surface area contributed by atoms with Gasteiger partial charge in [-0.25, -0.2) is 14.1 Å². The van der Waals surface area contributed by atoms with Crippen molar-refractivity contribution >= 4 is 28.9 Å². The van der Waals surface area contributed by atoms with E-state index in [1.54, 1.807) is 16.8 Å². The number of anilines is 1. The van der Waals surface area contributed by atoms with E-state index < -0.39 is 5.82 Å². The van der Waals surface area contributed by atoms with Crippen LogP contribution in [0, 0.1) is 5.82 Å². The van der Waals surface area contributed by atoms with Gasteiger partial charge in [-0.15, -0.1) is 5.10 Å². The van der Waals surface area contributed by atoms with Crippen LogP contribution in [0.3, 0.4) is 0 Å². The summed E-state index contributed by atoms with van der Waals surface area (Å²) in [5.74, 6) is -0.726. The Balaban J connectivity index is 1.44. The summed E-state index contributed by atoms with van der Waals surface area (Å²) >= 11 is 12.0. The maximum absolute atomic E-state index is 15.4. The zero-order valence-corrected chi connectivity index (χ0v) is 22.9. The molecule has 1 aliphatic rings. The quantitative estimate of drug-likeness (QED) is 0.308. The van der Waals surface area contributed by atoms with Crippen LogP contribution in [-0.4, -0.2) is 45.9 Å². The van der Waals surface area contributed by atoms with E-state index in [-0.39, 0.29) is 33.0 Å². The minimum Gasteiger partial charge on any atom is -0.382 e. The van der Waals surface area contributed by atoms with Gasteiger partial charge >= 0.3 is 0 Å². The van der Waals surface area contributed by atoms with E-state index >= 15 is 4.39 Å². The number of fused-ring (bicyclic) bond motifs is 4. The van der Waals surface area contributed by atoms with Crippen molar-refractivity contribution in [1.29, 1.82) is 0 Å². The van der Waals surface area contributed by atoms with Crippen LogP contribution in [0.15, 0.2) is 60.0 Å². The van der Waals surface area contributed by atoms with Gasteiger partial charge in [0.25, 0.3) is 5.56 Å². The molecule has 0 radical (unpaired) electrons. The molecule has 1 N–H and O–H groups in total. The normalized spacial score (nSPS) is 15.6. The van der Waals surface area contributed by atoms with Crippen LogP contribution in [0.1, 0.15) is 37.4 Å². The van der Waals surface area contributed by atoms with E-state index in [0.29, 0.717) is 12.1 Å². The van der Waals surface area contributed by atoms with Crippen molar-refractivity contribution in [2.75, 3.05) is 11.9 Å². The Morgan fingerprint density at radius 3 is 2.77 bits per heavy atom. The molecule has 5 aromatic rings. The van der Waals surface area contributed by atoms with E-state index in [0.717, 1.165) is 48.4 Å². The summed E-state index contributed by atoms with van der Waals surface area (Å²) in [4.78, 5) is 22.8. The molecule has 40 heavy (non-hydrogen) atoms. The van der Waals surface area contributed by atoms with E-state index in [1.165, 1.54) is 29.3 Å². The fourth-order valence-electron chi connectivity index (χ4n) is 5.10. The fraction of sp³-hybridized carbons (Fsp3) is 0.259. The first-order chi connectivity index (χ1) is 19.4. The molecule has 6 rings (SSSR count). The van der Waals surface area contributed by atoms with Crippen LogP contribution >= 0.6 is 23.2 Å². The molecular formula is C27H24Cl2FN9O. The molecule has 10 nitrogen and oxygen atoms in total. The molecule has 0 saturated carbocycles. The molecular weight excluding hydrogens is 556 g/mol. The summed E-state index contributed by atoms with van der Waals surface area (Å²) in [5, 5.41) is 15.6. The first-order valence-electron chi connectivity index (χ1n) is 12.8. The SMILES string of the molecule is Cn1ncc2c1-c1ccnc(c1)[C@@H](n1cnc(-c3c(-n4cc(Cl)nn4)ccc(Cl)c3F)cc1=O)CCCCCN2. The van der Waals surface area contributed by atoms with Crippen molar-refractivity contribution in [3.63, 3.8) is 0 Å². The molecule has 5 heterocycles. The Hall–Kier alpha value is -4.09. The number of pyridine rings is 1. The fourth-order valence-corrected chi connectivity index (χ4v) is 5.38. The van der Waals surface area contributed by atoms with Crippen LogP contribution in [0.2, 0.25) is 10.2 Å². The van der Waals surface area contributed by atoms with Crippen molar-refractivity contribution in [1.82, 2.24) is 39.3 Å². The summed E-state index contributed by atoms with van der Waals surface area (Å²) < 4.78 is 20.0. The number of benzene rings is 1. The molecule has 0 aliphatic carbocycles. The molecule has 1 aromatic carbocycles. The maximum Gasteiger partial charge on any atom is 0.254 e. The molecule has 13 heteroatoms.